The van der Waals surface area contributed by atoms with Crippen molar-refractivity contribution in [2.24, 2.45) is 0 Å². The molecule has 0 aromatic carbocycles. The molecule has 2 aromatic rings. The molecule has 2 fully saturated rings. The van der Waals surface area contributed by atoms with E-state index in [9.17, 15) is 18.0 Å². The fourth-order valence-corrected chi connectivity index (χ4v) is 5.83. The van der Waals surface area contributed by atoms with Crippen LogP contribution in [0.4, 0.5) is 0 Å². The molecule has 0 aliphatic carbocycles. The van der Waals surface area contributed by atoms with E-state index in [4.69, 9.17) is 0 Å². The number of fused-ring (bicyclic) bond motifs is 2. The van der Waals surface area contributed by atoms with Crippen molar-refractivity contribution in [2.45, 2.75) is 19.0 Å². The van der Waals surface area contributed by atoms with Crippen LogP contribution in [0.15, 0.2) is 30.6 Å². The molecule has 0 N–H and O–H groups in total. The summed E-state index contributed by atoms with van der Waals surface area (Å²) in [6.07, 6.45) is 3.26. The molecule has 2 aliphatic heterocycles. The standard InChI is InChI=1S/C16H18N4O4S/c1-11(21)18-6-7-19(15-10-25(23,24)9-14(15)18)16(22)12-8-17-20-5-3-2-4-13(12)20/h2-5,8,14-15H,6-7,9-10H2,1H3/t14-,15+/m0/s1. The first-order chi connectivity index (χ1) is 11.9. The van der Waals surface area contributed by atoms with Crippen LogP contribution >= 0.6 is 0 Å². The van der Waals surface area contributed by atoms with E-state index in [1.54, 1.807) is 26.6 Å². The van der Waals surface area contributed by atoms with E-state index >= 15 is 0 Å². The van der Waals surface area contributed by atoms with Crippen LogP contribution in [0.1, 0.15) is 17.3 Å². The van der Waals surface area contributed by atoms with Gasteiger partial charge in [0.05, 0.1) is 40.9 Å². The van der Waals surface area contributed by atoms with Gasteiger partial charge in [-0.1, -0.05) is 6.07 Å². The summed E-state index contributed by atoms with van der Waals surface area (Å²) in [7, 11) is -3.28. The van der Waals surface area contributed by atoms with Gasteiger partial charge in [0.15, 0.2) is 9.84 Å². The number of nitrogens with zero attached hydrogens (tertiary/aromatic N) is 4. The molecule has 25 heavy (non-hydrogen) atoms. The summed E-state index contributed by atoms with van der Waals surface area (Å²) < 4.78 is 25.9. The monoisotopic (exact) mass is 362 g/mol. The predicted octanol–water partition coefficient (Wildman–Crippen LogP) is -0.196. The lowest BCUT2D eigenvalue weighted by molar-refractivity contribution is -0.133. The van der Waals surface area contributed by atoms with Gasteiger partial charge in [-0.05, 0) is 12.1 Å². The van der Waals surface area contributed by atoms with Gasteiger partial charge in [-0.25, -0.2) is 12.9 Å². The Labute approximate surface area is 144 Å². The molecular weight excluding hydrogens is 344 g/mol. The number of pyridine rings is 1. The molecule has 2 saturated heterocycles. The predicted molar refractivity (Wildman–Crippen MR) is 89.8 cm³/mol. The Bertz CT molecular complexity index is 967. The van der Waals surface area contributed by atoms with Crippen LogP contribution in [-0.4, -0.2) is 76.3 Å². The molecule has 2 aliphatic rings. The summed E-state index contributed by atoms with van der Waals surface area (Å²) in [6, 6.07) is 4.47. The number of piperazine rings is 1. The summed E-state index contributed by atoms with van der Waals surface area (Å²) in [5.41, 5.74) is 1.12. The summed E-state index contributed by atoms with van der Waals surface area (Å²) >= 11 is 0. The van der Waals surface area contributed by atoms with Crippen molar-refractivity contribution in [1.29, 1.82) is 0 Å². The number of aromatic nitrogens is 2. The van der Waals surface area contributed by atoms with Gasteiger partial charge in [-0.2, -0.15) is 5.10 Å². The van der Waals surface area contributed by atoms with Crippen molar-refractivity contribution in [3.63, 3.8) is 0 Å². The van der Waals surface area contributed by atoms with E-state index in [1.165, 1.54) is 13.1 Å². The maximum absolute atomic E-state index is 13.1. The maximum Gasteiger partial charge on any atom is 0.258 e. The number of carbonyl (C=O) groups excluding carboxylic acids is 2. The van der Waals surface area contributed by atoms with Crippen LogP contribution in [0.5, 0.6) is 0 Å². The minimum Gasteiger partial charge on any atom is -0.335 e. The molecule has 2 amide bonds. The quantitative estimate of drug-likeness (QED) is 0.701. The molecule has 132 valence electrons. The molecule has 0 saturated carbocycles. The minimum absolute atomic E-state index is 0.0875. The summed E-state index contributed by atoms with van der Waals surface area (Å²) in [6.45, 7) is 2.10. The zero-order valence-electron chi connectivity index (χ0n) is 13.7. The highest BCUT2D eigenvalue weighted by Crippen LogP contribution is 2.29. The Hall–Kier alpha value is -2.42. The van der Waals surface area contributed by atoms with E-state index in [-0.39, 0.29) is 23.3 Å². The van der Waals surface area contributed by atoms with Crippen molar-refractivity contribution in [3.05, 3.63) is 36.2 Å². The molecule has 0 bridgehead atoms. The maximum atomic E-state index is 13.1. The molecule has 0 spiro atoms. The number of hydrogen-bond acceptors (Lipinski definition) is 5. The number of hydrogen-bond donors (Lipinski definition) is 0. The van der Waals surface area contributed by atoms with E-state index in [0.29, 0.717) is 24.2 Å². The smallest absolute Gasteiger partial charge is 0.258 e. The Morgan fingerprint density at radius 2 is 1.80 bits per heavy atom. The third-order valence-corrected chi connectivity index (χ3v) is 6.70. The molecule has 4 rings (SSSR count). The molecule has 8 nitrogen and oxygen atoms in total. The van der Waals surface area contributed by atoms with Crippen LogP contribution in [0.3, 0.4) is 0 Å². The molecule has 0 radical (unpaired) electrons. The van der Waals surface area contributed by atoms with Crippen LogP contribution < -0.4 is 0 Å². The average molecular weight is 362 g/mol. The first-order valence-corrected chi connectivity index (χ1v) is 9.90. The van der Waals surface area contributed by atoms with Gasteiger partial charge in [0.25, 0.3) is 5.91 Å². The van der Waals surface area contributed by atoms with Crippen LogP contribution in [0, 0.1) is 0 Å². The van der Waals surface area contributed by atoms with Gasteiger partial charge < -0.3 is 9.80 Å². The lowest BCUT2D eigenvalue weighted by Crippen LogP contribution is -2.61. The Morgan fingerprint density at radius 3 is 2.52 bits per heavy atom. The lowest BCUT2D eigenvalue weighted by Gasteiger charge is -2.43. The second-order valence-electron chi connectivity index (χ2n) is 6.51. The van der Waals surface area contributed by atoms with Crippen LogP contribution in [0.2, 0.25) is 0 Å². The average Bonchev–Trinajstić information content (AvgIpc) is 3.12. The topological polar surface area (TPSA) is 92.1 Å². The molecule has 4 heterocycles. The van der Waals surface area contributed by atoms with E-state index in [0.717, 1.165) is 0 Å². The molecule has 2 atom stereocenters. The van der Waals surface area contributed by atoms with Gasteiger partial charge in [0.2, 0.25) is 5.91 Å². The van der Waals surface area contributed by atoms with Crippen LogP contribution in [-0.2, 0) is 14.6 Å². The van der Waals surface area contributed by atoms with Gasteiger partial charge in [0.1, 0.15) is 0 Å². The molecular formula is C16H18N4O4S. The minimum atomic E-state index is -3.28. The largest absolute Gasteiger partial charge is 0.335 e. The number of amides is 2. The first kappa shape index (κ1) is 16.1. The fraction of sp³-hybridized carbons (Fsp3) is 0.438. The number of sulfone groups is 1. The molecule has 2 aromatic heterocycles. The molecule has 0 unspecified atom stereocenters. The highest BCUT2D eigenvalue weighted by atomic mass is 32.2. The van der Waals surface area contributed by atoms with Gasteiger partial charge >= 0.3 is 0 Å². The van der Waals surface area contributed by atoms with Crippen molar-refractivity contribution in [2.75, 3.05) is 24.6 Å². The van der Waals surface area contributed by atoms with E-state index in [2.05, 4.69) is 5.10 Å². The van der Waals surface area contributed by atoms with E-state index < -0.39 is 21.9 Å². The second-order valence-corrected chi connectivity index (χ2v) is 8.67. The SMILES string of the molecule is CC(=O)N1CCN(C(=O)c2cnn3ccccc23)[C@@H]2CS(=O)(=O)C[C@@H]21. The third-order valence-electron chi connectivity index (χ3n) is 5.00. The second kappa shape index (κ2) is 5.55. The highest BCUT2D eigenvalue weighted by Gasteiger charge is 2.49. The summed E-state index contributed by atoms with van der Waals surface area (Å²) in [4.78, 5) is 28.1. The number of carbonyl (C=O) groups is 2. The summed E-state index contributed by atoms with van der Waals surface area (Å²) in [5, 5.41) is 4.18. The van der Waals surface area contributed by atoms with Crippen molar-refractivity contribution in [3.8, 4) is 0 Å². The lowest BCUT2D eigenvalue weighted by atomic mass is 10.0. The van der Waals surface area contributed by atoms with Gasteiger partial charge in [-0.15, -0.1) is 0 Å². The Balaban J connectivity index is 1.70. The Kier molecular flexibility index (Phi) is 3.57. The van der Waals surface area contributed by atoms with Gasteiger partial charge in [-0.3, -0.25) is 9.59 Å². The summed E-state index contributed by atoms with van der Waals surface area (Å²) in [5.74, 6) is -0.589. The molecule has 9 heteroatoms. The highest BCUT2D eigenvalue weighted by molar-refractivity contribution is 7.91. The zero-order valence-corrected chi connectivity index (χ0v) is 14.5. The van der Waals surface area contributed by atoms with E-state index in [1.807, 2.05) is 12.1 Å². The van der Waals surface area contributed by atoms with Crippen molar-refractivity contribution >= 4 is 27.2 Å². The normalized spacial score (nSPS) is 25.2. The first-order valence-electron chi connectivity index (χ1n) is 8.08. The van der Waals surface area contributed by atoms with Crippen molar-refractivity contribution in [1.82, 2.24) is 19.4 Å². The van der Waals surface area contributed by atoms with Gasteiger partial charge in [0, 0.05) is 26.2 Å². The Morgan fingerprint density at radius 1 is 1.12 bits per heavy atom. The van der Waals surface area contributed by atoms with Crippen molar-refractivity contribution < 1.29 is 18.0 Å². The zero-order chi connectivity index (χ0) is 17.8. The number of rotatable bonds is 1. The van der Waals surface area contributed by atoms with Crippen LogP contribution in [0.25, 0.3) is 5.52 Å². The fourth-order valence-electron chi connectivity index (χ4n) is 3.85. The third kappa shape index (κ3) is 2.58.